The number of pyridine rings is 1. The molecule has 0 atom stereocenters. The third-order valence-electron chi connectivity index (χ3n) is 2.78. The molecule has 112 valence electrons. The van der Waals surface area contributed by atoms with Gasteiger partial charge in [0, 0.05) is 35.5 Å². The van der Waals surface area contributed by atoms with Crippen LogP contribution in [0.25, 0.3) is 0 Å². The van der Waals surface area contributed by atoms with Gasteiger partial charge >= 0.3 is 0 Å². The summed E-state index contributed by atoms with van der Waals surface area (Å²) in [4.78, 5) is 3.45. The van der Waals surface area contributed by atoms with E-state index in [1.165, 1.54) is 18.3 Å². The molecule has 0 spiro atoms. The number of benzene rings is 1. The van der Waals surface area contributed by atoms with Crippen molar-refractivity contribution in [3.8, 4) is 0 Å². The number of nitrogens with one attached hydrogen (secondary N) is 1. The van der Waals surface area contributed by atoms with Crippen LogP contribution in [0.3, 0.4) is 0 Å². The highest BCUT2D eigenvalue weighted by Crippen LogP contribution is 2.24. The number of nitrogens with zero attached hydrogens (tertiary/aromatic N) is 1. The highest BCUT2D eigenvalue weighted by Gasteiger charge is 2.21. The van der Waals surface area contributed by atoms with Crippen LogP contribution in [0.5, 0.6) is 0 Å². The molecule has 0 radical (unpaired) electrons. The number of sulfonamides is 1. The highest BCUT2D eigenvalue weighted by atomic mass is 79.9. The predicted molar refractivity (Wildman–Crippen MR) is 80.3 cm³/mol. The quantitative estimate of drug-likeness (QED) is 0.838. The van der Waals surface area contributed by atoms with Crippen molar-refractivity contribution in [2.45, 2.75) is 18.0 Å². The van der Waals surface area contributed by atoms with E-state index in [0.29, 0.717) is 10.0 Å². The largest absolute Gasteiger partial charge is 0.326 e. The summed E-state index contributed by atoms with van der Waals surface area (Å²) >= 11 is 3.15. The molecular weight excluding hydrogens is 361 g/mol. The van der Waals surface area contributed by atoms with Gasteiger partial charge in [0.25, 0.3) is 0 Å². The second-order valence-corrected chi connectivity index (χ2v) is 6.92. The Morgan fingerprint density at radius 3 is 2.76 bits per heavy atom. The van der Waals surface area contributed by atoms with Gasteiger partial charge in [0.15, 0.2) is 0 Å². The molecule has 2 aromatic rings. The Bertz CT molecular complexity index is 739. The molecule has 0 aliphatic heterocycles. The second-order valence-electron chi connectivity index (χ2n) is 4.27. The zero-order chi connectivity index (χ0) is 15.5. The van der Waals surface area contributed by atoms with Gasteiger partial charge in [-0.1, -0.05) is 22.0 Å². The number of hydrogen-bond donors (Lipinski definition) is 2. The normalized spacial score (nSPS) is 11.6. The van der Waals surface area contributed by atoms with Crippen molar-refractivity contribution in [1.82, 2.24) is 9.71 Å². The van der Waals surface area contributed by atoms with Crippen LogP contribution in [0.1, 0.15) is 11.1 Å². The summed E-state index contributed by atoms with van der Waals surface area (Å²) in [6, 6.07) is 6.07. The second kappa shape index (κ2) is 6.61. The lowest BCUT2D eigenvalue weighted by Crippen LogP contribution is -2.25. The first-order chi connectivity index (χ1) is 9.94. The maximum Gasteiger partial charge on any atom is 0.243 e. The minimum atomic E-state index is -3.98. The van der Waals surface area contributed by atoms with Crippen LogP contribution < -0.4 is 10.5 Å². The molecule has 1 heterocycles. The summed E-state index contributed by atoms with van der Waals surface area (Å²) in [7, 11) is -3.98. The first-order valence-electron chi connectivity index (χ1n) is 6.00. The summed E-state index contributed by atoms with van der Waals surface area (Å²) in [6.45, 7) is -0.0590. The number of nitrogens with two attached hydrogens (primary N) is 1. The Morgan fingerprint density at radius 2 is 2.14 bits per heavy atom. The van der Waals surface area contributed by atoms with Crippen molar-refractivity contribution >= 4 is 26.0 Å². The molecule has 8 heteroatoms. The molecule has 1 aromatic heterocycles. The van der Waals surface area contributed by atoms with E-state index in [1.807, 2.05) is 0 Å². The molecule has 2 rings (SSSR count). The van der Waals surface area contributed by atoms with Gasteiger partial charge in [0.2, 0.25) is 10.0 Å². The Morgan fingerprint density at radius 1 is 1.38 bits per heavy atom. The molecule has 21 heavy (non-hydrogen) atoms. The zero-order valence-corrected chi connectivity index (χ0v) is 13.3. The minimum Gasteiger partial charge on any atom is -0.326 e. The number of hydrogen-bond acceptors (Lipinski definition) is 4. The van der Waals surface area contributed by atoms with Crippen molar-refractivity contribution in [2.75, 3.05) is 0 Å². The summed E-state index contributed by atoms with van der Waals surface area (Å²) in [6.07, 6.45) is 3.12. The number of rotatable bonds is 5. The highest BCUT2D eigenvalue weighted by molar-refractivity contribution is 9.10. The molecular formula is C13H13BrFN3O2S. The number of halogens is 2. The zero-order valence-electron chi connectivity index (χ0n) is 10.9. The Hall–Kier alpha value is -1.35. The molecule has 0 saturated heterocycles. The average Bonchev–Trinajstić information content (AvgIpc) is 2.48. The molecule has 3 N–H and O–H groups in total. The van der Waals surface area contributed by atoms with E-state index in [2.05, 4.69) is 25.6 Å². The van der Waals surface area contributed by atoms with E-state index in [9.17, 15) is 12.8 Å². The summed E-state index contributed by atoms with van der Waals surface area (Å²) < 4.78 is 41.4. The monoisotopic (exact) mass is 373 g/mol. The van der Waals surface area contributed by atoms with Crippen molar-refractivity contribution in [3.63, 3.8) is 0 Å². The maximum absolute atomic E-state index is 14.1. The lowest BCUT2D eigenvalue weighted by Gasteiger charge is -2.10. The predicted octanol–water partition coefficient (Wildman–Crippen LogP) is 1.92. The van der Waals surface area contributed by atoms with E-state index in [0.717, 1.165) is 0 Å². The molecule has 0 unspecified atom stereocenters. The topological polar surface area (TPSA) is 85.1 Å². The third-order valence-corrected chi connectivity index (χ3v) is 4.64. The van der Waals surface area contributed by atoms with E-state index >= 15 is 0 Å². The SMILES string of the molecule is NCc1cc(Br)cc(S(=O)(=O)NCc2cccnc2)c1F. The standard InChI is InChI=1S/C13H13BrFN3O2S/c14-11-4-10(6-16)13(15)12(5-11)21(19,20)18-8-9-2-1-3-17-7-9/h1-5,7,18H,6,8,16H2. The van der Waals surface area contributed by atoms with Crippen LogP contribution in [0, 0.1) is 5.82 Å². The average molecular weight is 374 g/mol. The summed E-state index contributed by atoms with van der Waals surface area (Å²) in [5.74, 6) is -0.834. The molecule has 0 aliphatic rings. The van der Waals surface area contributed by atoms with E-state index < -0.39 is 20.7 Å². The Labute approximate surface area is 130 Å². The molecule has 0 aliphatic carbocycles. The van der Waals surface area contributed by atoms with Crippen molar-refractivity contribution in [2.24, 2.45) is 5.73 Å². The van der Waals surface area contributed by atoms with Gasteiger partial charge in [-0.2, -0.15) is 0 Å². The van der Waals surface area contributed by atoms with Crippen molar-refractivity contribution in [3.05, 3.63) is 58.1 Å². The fourth-order valence-electron chi connectivity index (χ4n) is 1.72. The van der Waals surface area contributed by atoms with Gasteiger partial charge in [-0.15, -0.1) is 0 Å². The Kier molecular flexibility index (Phi) is 5.04. The first-order valence-corrected chi connectivity index (χ1v) is 8.28. The third kappa shape index (κ3) is 3.85. The van der Waals surface area contributed by atoms with E-state index in [1.54, 1.807) is 18.3 Å². The molecule has 5 nitrogen and oxygen atoms in total. The van der Waals surface area contributed by atoms with Gasteiger partial charge in [0.05, 0.1) is 0 Å². The molecule has 0 saturated carbocycles. The first kappa shape index (κ1) is 16.0. The van der Waals surface area contributed by atoms with Crippen LogP contribution in [0.15, 0.2) is 46.0 Å². The van der Waals surface area contributed by atoms with Crippen LogP contribution in [0.2, 0.25) is 0 Å². The lowest BCUT2D eigenvalue weighted by atomic mass is 10.2. The van der Waals surface area contributed by atoms with Crippen LogP contribution >= 0.6 is 15.9 Å². The molecule has 1 aromatic carbocycles. The van der Waals surface area contributed by atoms with E-state index in [-0.39, 0.29) is 18.7 Å². The van der Waals surface area contributed by atoms with Gasteiger partial charge in [-0.05, 0) is 23.8 Å². The minimum absolute atomic E-state index is 0.0279. The fraction of sp³-hybridized carbons (Fsp3) is 0.154. The van der Waals surface area contributed by atoms with Gasteiger partial charge < -0.3 is 5.73 Å². The fourth-order valence-corrected chi connectivity index (χ4v) is 3.54. The lowest BCUT2D eigenvalue weighted by molar-refractivity contribution is 0.549. The number of aromatic nitrogens is 1. The van der Waals surface area contributed by atoms with Gasteiger partial charge in [-0.25, -0.2) is 17.5 Å². The molecule has 0 bridgehead atoms. The van der Waals surface area contributed by atoms with Crippen LogP contribution in [0.4, 0.5) is 4.39 Å². The summed E-state index contributed by atoms with van der Waals surface area (Å²) in [5, 5.41) is 0. The van der Waals surface area contributed by atoms with Gasteiger partial charge in [-0.3, -0.25) is 4.98 Å². The van der Waals surface area contributed by atoms with E-state index in [4.69, 9.17) is 5.73 Å². The van der Waals surface area contributed by atoms with Crippen LogP contribution in [-0.2, 0) is 23.1 Å². The summed E-state index contributed by atoms with van der Waals surface area (Å²) in [5.41, 5.74) is 6.22. The van der Waals surface area contributed by atoms with Crippen molar-refractivity contribution in [1.29, 1.82) is 0 Å². The Balaban J connectivity index is 2.30. The van der Waals surface area contributed by atoms with Crippen LogP contribution in [-0.4, -0.2) is 13.4 Å². The smallest absolute Gasteiger partial charge is 0.243 e. The molecule has 0 fully saturated rings. The molecule has 0 amide bonds. The van der Waals surface area contributed by atoms with Gasteiger partial charge in [0.1, 0.15) is 10.7 Å². The maximum atomic E-state index is 14.1. The van der Waals surface area contributed by atoms with Crippen molar-refractivity contribution < 1.29 is 12.8 Å².